The SMILES string of the molecule is COCCCC(NC(=O)/C=C/c1ccccc1F)C(=O)O. The minimum atomic E-state index is -1.11. The molecule has 5 nitrogen and oxygen atoms in total. The van der Waals surface area contributed by atoms with Gasteiger partial charge in [-0.15, -0.1) is 0 Å². The number of carboxylic acid groups (broad SMARTS) is 1. The van der Waals surface area contributed by atoms with Gasteiger partial charge in [-0.25, -0.2) is 9.18 Å². The molecule has 114 valence electrons. The Hall–Kier alpha value is -2.21. The van der Waals surface area contributed by atoms with Crippen LogP contribution in [0.25, 0.3) is 6.08 Å². The normalized spacial score (nSPS) is 12.3. The van der Waals surface area contributed by atoms with Crippen molar-refractivity contribution >= 4 is 18.0 Å². The van der Waals surface area contributed by atoms with Crippen LogP contribution < -0.4 is 5.32 Å². The van der Waals surface area contributed by atoms with E-state index in [-0.39, 0.29) is 12.0 Å². The van der Waals surface area contributed by atoms with E-state index in [4.69, 9.17) is 9.84 Å². The van der Waals surface area contributed by atoms with Crippen LogP contribution in [0.4, 0.5) is 4.39 Å². The fourth-order valence-electron chi connectivity index (χ4n) is 1.68. The van der Waals surface area contributed by atoms with E-state index in [2.05, 4.69) is 5.32 Å². The van der Waals surface area contributed by atoms with Crippen molar-refractivity contribution in [3.8, 4) is 0 Å². The van der Waals surface area contributed by atoms with Crippen molar-refractivity contribution in [3.05, 3.63) is 41.7 Å². The fraction of sp³-hybridized carbons (Fsp3) is 0.333. The zero-order chi connectivity index (χ0) is 15.7. The molecular formula is C15H18FNO4. The molecule has 1 amide bonds. The largest absolute Gasteiger partial charge is 0.480 e. The van der Waals surface area contributed by atoms with Gasteiger partial charge in [-0.3, -0.25) is 4.79 Å². The topological polar surface area (TPSA) is 75.6 Å². The molecule has 1 rings (SSSR count). The van der Waals surface area contributed by atoms with Gasteiger partial charge in [0.05, 0.1) is 0 Å². The second-order valence-electron chi connectivity index (χ2n) is 4.39. The lowest BCUT2D eigenvalue weighted by atomic mass is 10.1. The van der Waals surface area contributed by atoms with Gasteiger partial charge in [0.2, 0.25) is 5.91 Å². The Bertz CT molecular complexity index is 516. The summed E-state index contributed by atoms with van der Waals surface area (Å²) in [5.74, 6) is -2.14. The van der Waals surface area contributed by atoms with Crippen LogP contribution in [0.3, 0.4) is 0 Å². The van der Waals surface area contributed by atoms with E-state index < -0.39 is 23.7 Å². The first-order chi connectivity index (χ1) is 10.0. The van der Waals surface area contributed by atoms with E-state index in [9.17, 15) is 14.0 Å². The third-order valence-electron chi connectivity index (χ3n) is 2.78. The molecule has 0 bridgehead atoms. The van der Waals surface area contributed by atoms with Gasteiger partial charge in [0.15, 0.2) is 0 Å². The Balaban J connectivity index is 2.57. The molecule has 0 radical (unpaired) electrons. The summed E-state index contributed by atoms with van der Waals surface area (Å²) in [4.78, 5) is 22.7. The third-order valence-corrected chi connectivity index (χ3v) is 2.78. The number of hydrogen-bond donors (Lipinski definition) is 2. The fourth-order valence-corrected chi connectivity index (χ4v) is 1.68. The van der Waals surface area contributed by atoms with Gasteiger partial charge >= 0.3 is 5.97 Å². The zero-order valence-electron chi connectivity index (χ0n) is 11.7. The standard InChI is InChI=1S/C15H18FNO4/c1-21-10-4-7-13(15(19)20)17-14(18)9-8-11-5-2-3-6-12(11)16/h2-3,5-6,8-9,13H,4,7,10H2,1H3,(H,17,18)(H,19,20)/b9-8+. The maximum absolute atomic E-state index is 13.3. The number of halogens is 1. The van der Waals surface area contributed by atoms with Crippen LogP contribution in [0.1, 0.15) is 18.4 Å². The van der Waals surface area contributed by atoms with E-state index in [1.165, 1.54) is 25.3 Å². The van der Waals surface area contributed by atoms with Gasteiger partial charge in [0.25, 0.3) is 0 Å². The molecule has 0 saturated carbocycles. The lowest BCUT2D eigenvalue weighted by molar-refractivity contribution is -0.141. The summed E-state index contributed by atoms with van der Waals surface area (Å²) in [5, 5.41) is 11.4. The number of aliphatic carboxylic acids is 1. The maximum Gasteiger partial charge on any atom is 0.326 e. The average molecular weight is 295 g/mol. The van der Waals surface area contributed by atoms with E-state index in [0.717, 1.165) is 6.08 Å². The highest BCUT2D eigenvalue weighted by atomic mass is 19.1. The molecule has 0 fully saturated rings. The molecule has 0 heterocycles. The monoisotopic (exact) mass is 295 g/mol. The first-order valence-electron chi connectivity index (χ1n) is 6.49. The molecule has 0 aromatic heterocycles. The number of benzene rings is 1. The number of rotatable bonds is 8. The predicted octanol–water partition coefficient (Wildman–Crippen LogP) is 1.83. The van der Waals surface area contributed by atoms with Crippen LogP contribution in [0.2, 0.25) is 0 Å². The minimum Gasteiger partial charge on any atom is -0.480 e. The molecule has 0 saturated heterocycles. The van der Waals surface area contributed by atoms with Gasteiger partial charge in [-0.1, -0.05) is 18.2 Å². The molecule has 1 atom stereocenters. The molecular weight excluding hydrogens is 277 g/mol. The summed E-state index contributed by atoms with van der Waals surface area (Å²) in [6, 6.07) is 5.00. The van der Waals surface area contributed by atoms with Crippen molar-refractivity contribution in [1.29, 1.82) is 0 Å². The highest BCUT2D eigenvalue weighted by Crippen LogP contribution is 2.08. The van der Waals surface area contributed by atoms with Gasteiger partial charge in [-0.05, 0) is 25.0 Å². The van der Waals surface area contributed by atoms with Gasteiger partial charge in [0.1, 0.15) is 11.9 Å². The molecule has 1 unspecified atom stereocenters. The zero-order valence-corrected chi connectivity index (χ0v) is 11.7. The summed E-state index contributed by atoms with van der Waals surface area (Å²) in [7, 11) is 1.52. The lowest BCUT2D eigenvalue weighted by Gasteiger charge is -2.12. The van der Waals surface area contributed by atoms with Gasteiger partial charge < -0.3 is 15.2 Å². The van der Waals surface area contributed by atoms with Crippen molar-refractivity contribution in [2.75, 3.05) is 13.7 Å². The minimum absolute atomic E-state index is 0.263. The number of ether oxygens (including phenoxy) is 1. The highest BCUT2D eigenvalue weighted by molar-refractivity contribution is 5.94. The summed E-state index contributed by atoms with van der Waals surface area (Å²) in [5.41, 5.74) is 0.263. The van der Waals surface area contributed by atoms with Crippen molar-refractivity contribution in [2.45, 2.75) is 18.9 Å². The number of methoxy groups -OCH3 is 1. The molecule has 0 aliphatic rings. The van der Waals surface area contributed by atoms with Crippen molar-refractivity contribution in [2.24, 2.45) is 0 Å². The summed E-state index contributed by atoms with van der Waals surface area (Å²) in [6.07, 6.45) is 3.20. The second kappa shape index (κ2) is 8.86. The van der Waals surface area contributed by atoms with Gasteiger partial charge in [-0.2, -0.15) is 0 Å². The first kappa shape index (κ1) is 16.8. The highest BCUT2D eigenvalue weighted by Gasteiger charge is 2.18. The number of carbonyl (C=O) groups is 2. The van der Waals surface area contributed by atoms with Crippen LogP contribution in [0, 0.1) is 5.82 Å². The van der Waals surface area contributed by atoms with Gasteiger partial charge in [0, 0.05) is 25.4 Å². The van der Waals surface area contributed by atoms with Crippen LogP contribution in [-0.2, 0) is 14.3 Å². The molecule has 0 aliphatic heterocycles. The van der Waals surface area contributed by atoms with Crippen LogP contribution in [0.5, 0.6) is 0 Å². The third kappa shape index (κ3) is 6.18. The lowest BCUT2D eigenvalue weighted by Crippen LogP contribution is -2.40. The summed E-state index contributed by atoms with van der Waals surface area (Å²) < 4.78 is 18.2. The molecule has 2 N–H and O–H groups in total. The Labute approximate surface area is 122 Å². The smallest absolute Gasteiger partial charge is 0.326 e. The summed E-state index contributed by atoms with van der Waals surface area (Å²) >= 11 is 0. The molecule has 21 heavy (non-hydrogen) atoms. The molecule has 6 heteroatoms. The first-order valence-corrected chi connectivity index (χ1v) is 6.49. The van der Waals surface area contributed by atoms with Crippen molar-refractivity contribution < 1.29 is 23.8 Å². The Morgan fingerprint density at radius 1 is 1.43 bits per heavy atom. The van der Waals surface area contributed by atoms with Crippen molar-refractivity contribution in [3.63, 3.8) is 0 Å². The van der Waals surface area contributed by atoms with Crippen LogP contribution >= 0.6 is 0 Å². The summed E-state index contributed by atoms with van der Waals surface area (Å²) in [6.45, 7) is 0.421. The predicted molar refractivity (Wildman–Crippen MR) is 76.1 cm³/mol. The Morgan fingerprint density at radius 2 is 2.14 bits per heavy atom. The van der Waals surface area contributed by atoms with Crippen LogP contribution in [-0.4, -0.2) is 36.7 Å². The van der Waals surface area contributed by atoms with E-state index in [0.29, 0.717) is 13.0 Å². The number of amides is 1. The quantitative estimate of drug-likeness (QED) is 0.567. The Morgan fingerprint density at radius 3 is 2.76 bits per heavy atom. The Kier molecular flexibility index (Phi) is 7.11. The average Bonchev–Trinajstić information content (AvgIpc) is 2.45. The molecule has 0 aliphatic carbocycles. The molecule has 1 aromatic rings. The van der Waals surface area contributed by atoms with E-state index in [1.807, 2.05) is 0 Å². The molecule has 1 aromatic carbocycles. The number of carboxylic acids is 1. The molecule has 0 spiro atoms. The number of nitrogens with one attached hydrogen (secondary N) is 1. The number of hydrogen-bond acceptors (Lipinski definition) is 3. The number of carbonyl (C=O) groups excluding carboxylic acids is 1. The maximum atomic E-state index is 13.3. The van der Waals surface area contributed by atoms with Crippen molar-refractivity contribution in [1.82, 2.24) is 5.32 Å². The second-order valence-corrected chi connectivity index (χ2v) is 4.39. The van der Waals surface area contributed by atoms with E-state index in [1.54, 1.807) is 12.1 Å². The van der Waals surface area contributed by atoms with E-state index >= 15 is 0 Å². The van der Waals surface area contributed by atoms with Crippen LogP contribution in [0.15, 0.2) is 30.3 Å².